The molecule has 0 aromatic carbocycles. The Hall–Kier alpha value is -0.340. The zero-order valence-electron chi connectivity index (χ0n) is 11.1. The highest BCUT2D eigenvalue weighted by molar-refractivity contribution is 7.10. The van der Waals surface area contributed by atoms with E-state index < -0.39 is 0 Å². The SMILES string of the molecule is CC(N)c1sccc1C1C2CC3CC(C2)CC1C3. The molecule has 18 heavy (non-hydrogen) atoms. The van der Waals surface area contributed by atoms with Gasteiger partial charge in [0.25, 0.3) is 0 Å². The summed E-state index contributed by atoms with van der Waals surface area (Å²) in [6, 6.07) is 2.60. The summed E-state index contributed by atoms with van der Waals surface area (Å²) in [4.78, 5) is 1.47. The number of nitrogens with two attached hydrogens (primary N) is 1. The molecule has 1 nitrogen and oxygen atoms in total. The van der Waals surface area contributed by atoms with Gasteiger partial charge in [-0.2, -0.15) is 0 Å². The van der Waals surface area contributed by atoms with E-state index in [1.165, 1.54) is 30.6 Å². The van der Waals surface area contributed by atoms with Gasteiger partial charge in [-0.3, -0.25) is 0 Å². The smallest absolute Gasteiger partial charge is 0.0363 e. The third-order valence-electron chi connectivity index (χ3n) is 5.73. The highest BCUT2D eigenvalue weighted by Gasteiger charge is 2.49. The van der Waals surface area contributed by atoms with Crippen LogP contribution < -0.4 is 5.73 Å². The topological polar surface area (TPSA) is 26.0 Å². The van der Waals surface area contributed by atoms with Crippen LogP contribution in [0.15, 0.2) is 11.4 Å². The van der Waals surface area contributed by atoms with Gasteiger partial charge in [0, 0.05) is 10.9 Å². The van der Waals surface area contributed by atoms with Crippen LogP contribution in [0.4, 0.5) is 0 Å². The molecule has 4 aliphatic rings. The van der Waals surface area contributed by atoms with Crippen LogP contribution in [0.2, 0.25) is 0 Å². The Morgan fingerprint density at radius 1 is 1.11 bits per heavy atom. The predicted molar refractivity (Wildman–Crippen MR) is 76.7 cm³/mol. The second-order valence-corrected chi connectivity index (χ2v) is 7.93. The Bertz CT molecular complexity index is 420. The minimum Gasteiger partial charge on any atom is -0.323 e. The molecule has 1 atom stereocenters. The maximum absolute atomic E-state index is 6.16. The summed E-state index contributed by atoms with van der Waals surface area (Å²) in [7, 11) is 0. The van der Waals surface area contributed by atoms with Crippen molar-refractivity contribution < 1.29 is 0 Å². The normalized spacial score (nSPS) is 43.3. The summed E-state index contributed by atoms with van der Waals surface area (Å²) in [6.45, 7) is 2.14. The lowest BCUT2D eigenvalue weighted by Crippen LogP contribution is -2.44. The summed E-state index contributed by atoms with van der Waals surface area (Å²) < 4.78 is 0. The summed E-state index contributed by atoms with van der Waals surface area (Å²) in [6.07, 6.45) is 7.57. The van der Waals surface area contributed by atoms with Crippen molar-refractivity contribution in [1.29, 1.82) is 0 Å². The van der Waals surface area contributed by atoms with Crippen molar-refractivity contribution >= 4 is 11.3 Å². The average Bonchev–Trinajstić information content (AvgIpc) is 2.76. The molecular weight excluding hydrogens is 238 g/mol. The number of hydrogen-bond donors (Lipinski definition) is 1. The quantitative estimate of drug-likeness (QED) is 0.843. The van der Waals surface area contributed by atoms with Crippen LogP contribution in [0.1, 0.15) is 61.4 Å². The van der Waals surface area contributed by atoms with Gasteiger partial charge in [-0.15, -0.1) is 11.3 Å². The maximum atomic E-state index is 6.16. The van der Waals surface area contributed by atoms with E-state index in [0.29, 0.717) is 0 Å². The van der Waals surface area contributed by atoms with Crippen molar-refractivity contribution in [2.24, 2.45) is 29.4 Å². The van der Waals surface area contributed by atoms with Crippen molar-refractivity contribution in [2.45, 2.75) is 51.0 Å². The first-order valence-electron chi connectivity index (χ1n) is 7.55. The molecule has 4 saturated carbocycles. The van der Waals surface area contributed by atoms with Gasteiger partial charge in [-0.25, -0.2) is 0 Å². The van der Waals surface area contributed by atoms with Gasteiger partial charge in [-0.05, 0) is 85.6 Å². The molecule has 1 unspecified atom stereocenters. The molecule has 0 saturated heterocycles. The number of rotatable bonds is 2. The van der Waals surface area contributed by atoms with E-state index in [9.17, 15) is 0 Å². The Morgan fingerprint density at radius 3 is 2.28 bits per heavy atom. The van der Waals surface area contributed by atoms with Gasteiger partial charge in [0.15, 0.2) is 0 Å². The van der Waals surface area contributed by atoms with E-state index in [2.05, 4.69) is 18.4 Å². The first kappa shape index (κ1) is 11.5. The molecule has 0 radical (unpaired) electrons. The highest BCUT2D eigenvalue weighted by Crippen LogP contribution is 2.60. The second-order valence-electron chi connectivity index (χ2n) is 6.99. The van der Waals surface area contributed by atoms with Crippen LogP contribution in [0, 0.1) is 23.7 Å². The van der Waals surface area contributed by atoms with E-state index in [1.54, 1.807) is 12.0 Å². The van der Waals surface area contributed by atoms with Gasteiger partial charge in [0.05, 0.1) is 0 Å². The molecule has 1 heterocycles. The first-order chi connectivity index (χ1) is 8.72. The summed E-state index contributed by atoms with van der Waals surface area (Å²) in [5, 5.41) is 2.26. The summed E-state index contributed by atoms with van der Waals surface area (Å²) in [5.41, 5.74) is 7.79. The third-order valence-corrected chi connectivity index (χ3v) is 6.86. The molecule has 0 spiro atoms. The summed E-state index contributed by atoms with van der Waals surface area (Å²) >= 11 is 1.88. The van der Waals surface area contributed by atoms with Crippen LogP contribution in [0.5, 0.6) is 0 Å². The highest BCUT2D eigenvalue weighted by atomic mass is 32.1. The van der Waals surface area contributed by atoms with Crippen molar-refractivity contribution in [3.05, 3.63) is 21.9 Å². The molecule has 4 fully saturated rings. The van der Waals surface area contributed by atoms with Gasteiger partial charge in [0.2, 0.25) is 0 Å². The molecule has 5 rings (SSSR count). The molecule has 1 aromatic rings. The molecule has 4 bridgehead atoms. The fourth-order valence-corrected chi connectivity index (χ4v) is 6.33. The zero-order chi connectivity index (χ0) is 12.3. The molecule has 98 valence electrons. The predicted octanol–water partition coefficient (Wildman–Crippen LogP) is 4.31. The molecular formula is C16H23NS. The van der Waals surface area contributed by atoms with E-state index in [-0.39, 0.29) is 6.04 Å². The van der Waals surface area contributed by atoms with Crippen molar-refractivity contribution in [1.82, 2.24) is 0 Å². The molecule has 2 N–H and O–H groups in total. The van der Waals surface area contributed by atoms with E-state index in [1.807, 2.05) is 11.3 Å². The van der Waals surface area contributed by atoms with E-state index >= 15 is 0 Å². The molecule has 4 aliphatic carbocycles. The first-order valence-corrected chi connectivity index (χ1v) is 8.43. The van der Waals surface area contributed by atoms with Crippen molar-refractivity contribution in [2.75, 3.05) is 0 Å². The minimum absolute atomic E-state index is 0.220. The lowest BCUT2D eigenvalue weighted by atomic mass is 9.50. The lowest BCUT2D eigenvalue weighted by Gasteiger charge is -2.54. The fourth-order valence-electron chi connectivity index (χ4n) is 5.41. The van der Waals surface area contributed by atoms with Crippen molar-refractivity contribution in [3.63, 3.8) is 0 Å². The molecule has 2 heteroatoms. The summed E-state index contributed by atoms with van der Waals surface area (Å²) in [5.74, 6) is 4.95. The Balaban J connectivity index is 1.70. The van der Waals surface area contributed by atoms with Gasteiger partial charge in [0.1, 0.15) is 0 Å². The largest absolute Gasteiger partial charge is 0.323 e. The maximum Gasteiger partial charge on any atom is 0.0363 e. The lowest BCUT2D eigenvalue weighted by molar-refractivity contribution is -0.00295. The third kappa shape index (κ3) is 1.61. The average molecular weight is 261 g/mol. The number of thiophene rings is 1. The van der Waals surface area contributed by atoms with Gasteiger partial charge < -0.3 is 5.73 Å². The van der Waals surface area contributed by atoms with Gasteiger partial charge >= 0.3 is 0 Å². The second kappa shape index (κ2) is 4.08. The Labute approximate surface area is 114 Å². The van der Waals surface area contributed by atoms with Crippen LogP contribution in [-0.2, 0) is 0 Å². The van der Waals surface area contributed by atoms with Crippen LogP contribution in [0.25, 0.3) is 0 Å². The van der Waals surface area contributed by atoms with E-state index in [4.69, 9.17) is 5.73 Å². The zero-order valence-corrected chi connectivity index (χ0v) is 12.0. The minimum atomic E-state index is 0.220. The Morgan fingerprint density at radius 2 is 1.72 bits per heavy atom. The fraction of sp³-hybridized carbons (Fsp3) is 0.750. The molecule has 1 aromatic heterocycles. The Kier molecular flexibility index (Phi) is 2.60. The van der Waals surface area contributed by atoms with Crippen LogP contribution in [0.3, 0.4) is 0 Å². The van der Waals surface area contributed by atoms with Crippen LogP contribution in [-0.4, -0.2) is 0 Å². The van der Waals surface area contributed by atoms with Crippen LogP contribution >= 0.6 is 11.3 Å². The number of hydrogen-bond acceptors (Lipinski definition) is 2. The standard InChI is InChI=1S/C16H23NS/c1-9(17)16-14(2-3-18-16)15-12-5-10-4-11(7-12)8-13(15)6-10/h2-3,9-13,15H,4-8,17H2,1H3. The molecule has 0 aliphatic heterocycles. The monoisotopic (exact) mass is 261 g/mol. The van der Waals surface area contributed by atoms with E-state index in [0.717, 1.165) is 29.6 Å². The van der Waals surface area contributed by atoms with Gasteiger partial charge in [-0.1, -0.05) is 0 Å². The molecule has 0 amide bonds. The van der Waals surface area contributed by atoms with Crippen molar-refractivity contribution in [3.8, 4) is 0 Å².